The van der Waals surface area contributed by atoms with Crippen LogP contribution in [0.2, 0.25) is 0 Å². The van der Waals surface area contributed by atoms with Gasteiger partial charge in [-0.25, -0.2) is 0 Å². The van der Waals surface area contributed by atoms with Crippen LogP contribution in [-0.2, 0) is 6.42 Å². The molecular weight excluding hydrogens is 246 g/mol. The normalized spacial score (nSPS) is 11.0. The van der Waals surface area contributed by atoms with E-state index in [1.165, 1.54) is 11.3 Å². The van der Waals surface area contributed by atoms with E-state index in [9.17, 15) is 0 Å². The third-order valence-electron chi connectivity index (χ3n) is 2.59. The second-order valence-corrected chi connectivity index (χ2v) is 5.55. The van der Waals surface area contributed by atoms with Crippen LogP contribution in [0.3, 0.4) is 0 Å². The number of hydrogen-bond donors (Lipinski definition) is 1. The zero-order valence-electron chi connectivity index (χ0n) is 10.9. The zero-order valence-corrected chi connectivity index (χ0v) is 11.7. The quantitative estimate of drug-likeness (QED) is 0.782. The lowest BCUT2D eigenvalue weighted by molar-refractivity contribution is 0.492. The molecule has 1 N–H and O–H groups in total. The molecule has 0 saturated heterocycles. The number of nitrogens with one attached hydrogen (secondary N) is 1. The minimum atomic E-state index is 0.643. The van der Waals surface area contributed by atoms with Gasteiger partial charge in [0.1, 0.15) is 0 Å². The molecule has 0 unspecified atom stereocenters. The van der Waals surface area contributed by atoms with Crippen molar-refractivity contribution in [2.24, 2.45) is 0 Å². The van der Waals surface area contributed by atoms with Crippen molar-refractivity contribution in [2.75, 3.05) is 13.1 Å². The molecule has 0 amide bonds. The lowest BCUT2D eigenvalue weighted by Gasteiger charge is -1.99. The van der Waals surface area contributed by atoms with Crippen molar-refractivity contribution >= 4 is 11.3 Å². The average molecular weight is 265 g/mol. The Bertz CT molecular complexity index is 478. The standard InChI is InChI=1S/C13H19N3OS/c1-3-8-14-9-4-5-12-15-16-13(17-12)11-7-6-10(2)18-11/h6-7,14H,3-5,8-9H2,1-2H3. The van der Waals surface area contributed by atoms with Crippen LogP contribution in [0, 0.1) is 6.92 Å². The monoisotopic (exact) mass is 265 g/mol. The Morgan fingerprint density at radius 1 is 1.28 bits per heavy atom. The molecule has 0 aliphatic carbocycles. The molecule has 2 aromatic heterocycles. The Morgan fingerprint density at radius 2 is 2.17 bits per heavy atom. The number of thiophene rings is 1. The van der Waals surface area contributed by atoms with Crippen molar-refractivity contribution < 1.29 is 4.42 Å². The van der Waals surface area contributed by atoms with Crippen LogP contribution in [0.4, 0.5) is 0 Å². The van der Waals surface area contributed by atoms with E-state index in [0.29, 0.717) is 5.89 Å². The SMILES string of the molecule is CCCNCCCc1nnc(-c2ccc(C)s2)o1. The molecule has 0 atom stereocenters. The smallest absolute Gasteiger partial charge is 0.257 e. The number of rotatable bonds is 7. The molecule has 98 valence electrons. The molecule has 0 saturated carbocycles. The van der Waals surface area contributed by atoms with Gasteiger partial charge in [0.05, 0.1) is 4.88 Å². The van der Waals surface area contributed by atoms with E-state index in [-0.39, 0.29) is 0 Å². The van der Waals surface area contributed by atoms with Crippen LogP contribution in [0.5, 0.6) is 0 Å². The Balaban J connectivity index is 1.83. The summed E-state index contributed by atoms with van der Waals surface area (Å²) in [6, 6.07) is 4.10. The highest BCUT2D eigenvalue weighted by Gasteiger charge is 2.09. The molecule has 2 rings (SSSR count). The Hall–Kier alpha value is -1.20. The van der Waals surface area contributed by atoms with Gasteiger partial charge in [0.25, 0.3) is 5.89 Å². The zero-order chi connectivity index (χ0) is 12.8. The van der Waals surface area contributed by atoms with Crippen molar-refractivity contribution in [2.45, 2.75) is 33.1 Å². The van der Waals surface area contributed by atoms with E-state index >= 15 is 0 Å². The first-order chi connectivity index (χ1) is 8.79. The highest BCUT2D eigenvalue weighted by atomic mass is 32.1. The predicted molar refractivity (Wildman–Crippen MR) is 73.8 cm³/mol. The first-order valence-electron chi connectivity index (χ1n) is 6.39. The Kier molecular flexibility index (Phi) is 4.90. The van der Waals surface area contributed by atoms with Gasteiger partial charge in [-0.3, -0.25) is 0 Å². The number of hydrogen-bond acceptors (Lipinski definition) is 5. The summed E-state index contributed by atoms with van der Waals surface area (Å²) in [4.78, 5) is 2.31. The lowest BCUT2D eigenvalue weighted by atomic mass is 10.3. The molecule has 0 aliphatic heterocycles. The highest BCUT2D eigenvalue weighted by Crippen LogP contribution is 2.26. The van der Waals surface area contributed by atoms with Gasteiger partial charge in [-0.2, -0.15) is 0 Å². The van der Waals surface area contributed by atoms with E-state index in [0.717, 1.165) is 36.7 Å². The van der Waals surface area contributed by atoms with E-state index in [2.05, 4.69) is 35.4 Å². The van der Waals surface area contributed by atoms with Crippen molar-refractivity contribution in [1.82, 2.24) is 15.5 Å². The van der Waals surface area contributed by atoms with Crippen LogP contribution >= 0.6 is 11.3 Å². The first-order valence-corrected chi connectivity index (χ1v) is 7.21. The predicted octanol–water partition coefficient (Wildman–Crippen LogP) is 3.04. The van der Waals surface area contributed by atoms with Gasteiger partial charge in [-0.05, 0) is 45.0 Å². The second-order valence-electron chi connectivity index (χ2n) is 4.26. The third-order valence-corrected chi connectivity index (χ3v) is 3.58. The van der Waals surface area contributed by atoms with E-state index < -0.39 is 0 Å². The summed E-state index contributed by atoms with van der Waals surface area (Å²) in [6.07, 6.45) is 3.04. The molecule has 5 heteroatoms. The topological polar surface area (TPSA) is 51.0 Å². The minimum Gasteiger partial charge on any atom is -0.420 e. The number of nitrogens with zero attached hydrogens (tertiary/aromatic N) is 2. The molecule has 0 aliphatic rings. The summed E-state index contributed by atoms with van der Waals surface area (Å²) in [6.45, 7) is 6.32. The second kappa shape index (κ2) is 6.66. The Labute approximate surface area is 111 Å². The number of aryl methyl sites for hydroxylation is 2. The van der Waals surface area contributed by atoms with Gasteiger partial charge >= 0.3 is 0 Å². The maximum absolute atomic E-state index is 5.65. The fourth-order valence-electron chi connectivity index (χ4n) is 1.67. The molecule has 2 aromatic rings. The fraction of sp³-hybridized carbons (Fsp3) is 0.538. The van der Waals surface area contributed by atoms with Crippen LogP contribution in [-0.4, -0.2) is 23.3 Å². The van der Waals surface area contributed by atoms with Crippen LogP contribution in [0.15, 0.2) is 16.5 Å². The highest BCUT2D eigenvalue weighted by molar-refractivity contribution is 7.15. The van der Waals surface area contributed by atoms with Gasteiger partial charge in [0.15, 0.2) is 0 Å². The lowest BCUT2D eigenvalue weighted by Crippen LogP contribution is -2.16. The molecule has 0 spiro atoms. The molecule has 18 heavy (non-hydrogen) atoms. The summed E-state index contributed by atoms with van der Waals surface area (Å²) in [5.74, 6) is 1.37. The van der Waals surface area contributed by atoms with Crippen LogP contribution in [0.1, 0.15) is 30.5 Å². The van der Waals surface area contributed by atoms with Gasteiger partial charge in [-0.15, -0.1) is 21.5 Å². The summed E-state index contributed by atoms with van der Waals surface area (Å²) < 4.78 is 5.65. The third kappa shape index (κ3) is 3.65. The summed E-state index contributed by atoms with van der Waals surface area (Å²) >= 11 is 1.68. The van der Waals surface area contributed by atoms with Crippen molar-refractivity contribution in [3.05, 3.63) is 22.9 Å². The molecule has 0 bridgehead atoms. The van der Waals surface area contributed by atoms with Crippen molar-refractivity contribution in [1.29, 1.82) is 0 Å². The largest absolute Gasteiger partial charge is 0.420 e. The van der Waals surface area contributed by atoms with Gasteiger partial charge in [-0.1, -0.05) is 6.92 Å². The van der Waals surface area contributed by atoms with E-state index in [4.69, 9.17) is 4.42 Å². The Morgan fingerprint density at radius 3 is 2.89 bits per heavy atom. The molecule has 0 aromatic carbocycles. The summed E-state index contributed by atoms with van der Waals surface area (Å²) in [7, 11) is 0. The number of aromatic nitrogens is 2. The van der Waals surface area contributed by atoms with Crippen LogP contribution in [0.25, 0.3) is 10.8 Å². The maximum Gasteiger partial charge on any atom is 0.257 e. The summed E-state index contributed by atoms with van der Waals surface area (Å²) in [5, 5.41) is 11.5. The molecule has 0 fully saturated rings. The fourth-order valence-corrected chi connectivity index (χ4v) is 2.46. The summed E-state index contributed by atoms with van der Waals surface area (Å²) in [5.41, 5.74) is 0. The van der Waals surface area contributed by atoms with Crippen molar-refractivity contribution in [3.8, 4) is 10.8 Å². The molecule has 0 radical (unpaired) electrons. The van der Waals surface area contributed by atoms with Crippen LogP contribution < -0.4 is 5.32 Å². The maximum atomic E-state index is 5.65. The molecule has 2 heterocycles. The minimum absolute atomic E-state index is 0.643. The average Bonchev–Trinajstić information content (AvgIpc) is 2.97. The van der Waals surface area contributed by atoms with Crippen molar-refractivity contribution in [3.63, 3.8) is 0 Å². The van der Waals surface area contributed by atoms with Gasteiger partial charge in [0, 0.05) is 11.3 Å². The van der Waals surface area contributed by atoms with Gasteiger partial charge in [0.2, 0.25) is 5.89 Å². The van der Waals surface area contributed by atoms with E-state index in [1.54, 1.807) is 11.3 Å². The van der Waals surface area contributed by atoms with E-state index in [1.807, 2.05) is 6.07 Å². The molecular formula is C13H19N3OS. The first kappa shape index (κ1) is 13.2. The molecule has 4 nitrogen and oxygen atoms in total. The van der Waals surface area contributed by atoms with Gasteiger partial charge < -0.3 is 9.73 Å².